The molecular weight excluding hydrogens is 410 g/mol. The van der Waals surface area contributed by atoms with Crippen molar-refractivity contribution in [1.29, 1.82) is 0 Å². The normalized spacial score (nSPS) is 11.4. The topological polar surface area (TPSA) is 21.7 Å². The third-order valence-electron chi connectivity index (χ3n) is 6.16. The van der Waals surface area contributed by atoms with Crippen molar-refractivity contribution in [3.8, 4) is 28.2 Å². The van der Waals surface area contributed by atoms with Gasteiger partial charge >= 0.3 is 0 Å². The first-order valence-corrected chi connectivity index (χ1v) is 11.6. The maximum Gasteiger partial charge on any atom is 0.295 e. The van der Waals surface area contributed by atoms with Gasteiger partial charge in [-0.05, 0) is 48.4 Å². The van der Waals surface area contributed by atoms with E-state index in [0.717, 1.165) is 5.52 Å². The molecule has 0 aliphatic rings. The number of rotatable bonds is 3. The number of nitrogens with zero attached hydrogens (tertiary/aromatic N) is 3. The minimum Gasteiger partial charge on any atom is -0.245 e. The van der Waals surface area contributed by atoms with Gasteiger partial charge in [0.1, 0.15) is 5.69 Å². The monoisotopic (exact) mass is 432 g/mol. The number of fused-ring (bicyclic) bond motifs is 2. The quantitative estimate of drug-likeness (QED) is 0.285. The molecule has 2 aromatic heterocycles. The number of aryl methyl sites for hydroxylation is 2. The molecule has 0 spiro atoms. The minimum atomic E-state index is 1.06. The molecular formula is C28H22N3S+. The fourth-order valence-corrected chi connectivity index (χ4v) is 5.34. The summed E-state index contributed by atoms with van der Waals surface area (Å²) in [6.07, 6.45) is 0. The van der Waals surface area contributed by atoms with Crippen molar-refractivity contribution in [2.75, 3.05) is 0 Å². The number of hydrogen-bond acceptors (Lipinski definition) is 2. The van der Waals surface area contributed by atoms with Crippen LogP contribution in [0.5, 0.6) is 0 Å². The lowest BCUT2D eigenvalue weighted by atomic mass is 10.0. The van der Waals surface area contributed by atoms with Crippen molar-refractivity contribution in [3.63, 3.8) is 0 Å². The van der Waals surface area contributed by atoms with Gasteiger partial charge in [0.15, 0.2) is 11.0 Å². The van der Waals surface area contributed by atoms with Crippen LogP contribution in [0.3, 0.4) is 0 Å². The summed E-state index contributed by atoms with van der Waals surface area (Å²) in [6, 6.07) is 32.4. The number of aromatic nitrogens is 3. The smallest absolute Gasteiger partial charge is 0.245 e. The zero-order valence-electron chi connectivity index (χ0n) is 18.0. The lowest BCUT2D eigenvalue weighted by Crippen LogP contribution is -2.30. The van der Waals surface area contributed by atoms with E-state index < -0.39 is 0 Å². The summed E-state index contributed by atoms with van der Waals surface area (Å²) in [6.45, 7) is 2.18. The van der Waals surface area contributed by atoms with Gasteiger partial charge in [-0.3, -0.25) is 0 Å². The van der Waals surface area contributed by atoms with Crippen molar-refractivity contribution in [2.45, 2.75) is 6.92 Å². The Morgan fingerprint density at radius 3 is 2.44 bits per heavy atom. The largest absolute Gasteiger partial charge is 0.295 e. The molecule has 6 rings (SSSR count). The van der Waals surface area contributed by atoms with Crippen molar-refractivity contribution >= 4 is 32.6 Å². The number of thiazole rings is 1. The summed E-state index contributed by atoms with van der Waals surface area (Å²) in [5, 5.41) is 0. The van der Waals surface area contributed by atoms with Gasteiger partial charge in [-0.25, -0.2) is 9.55 Å². The van der Waals surface area contributed by atoms with Crippen LogP contribution in [0.25, 0.3) is 49.5 Å². The second kappa shape index (κ2) is 7.43. The average molecular weight is 433 g/mol. The number of imidazole rings is 1. The summed E-state index contributed by atoms with van der Waals surface area (Å²) >= 11 is 1.69. The van der Waals surface area contributed by atoms with Crippen molar-refractivity contribution in [1.82, 2.24) is 9.55 Å². The first-order chi connectivity index (χ1) is 15.7. The predicted molar refractivity (Wildman–Crippen MR) is 133 cm³/mol. The zero-order chi connectivity index (χ0) is 21.7. The molecule has 0 radical (unpaired) electrons. The highest BCUT2D eigenvalue weighted by Crippen LogP contribution is 2.35. The summed E-state index contributed by atoms with van der Waals surface area (Å²) < 4.78 is 5.93. The molecule has 4 aromatic carbocycles. The number of hydrogen-bond donors (Lipinski definition) is 0. The SMILES string of the molecule is Cc1cc2ncsc2cc1-c1n(-c2ccccc2-c2ccccc2)c2ccccc2[n+]1C. The predicted octanol–water partition coefficient (Wildman–Crippen LogP) is 6.71. The Morgan fingerprint density at radius 2 is 1.56 bits per heavy atom. The van der Waals surface area contributed by atoms with Crippen LogP contribution < -0.4 is 4.57 Å². The molecule has 0 bridgehead atoms. The molecule has 0 saturated heterocycles. The summed E-state index contributed by atoms with van der Waals surface area (Å²) in [4.78, 5) is 4.52. The lowest BCUT2D eigenvalue weighted by molar-refractivity contribution is -0.633. The lowest BCUT2D eigenvalue weighted by Gasteiger charge is -2.11. The Hall–Kier alpha value is -3.76. The Kier molecular flexibility index (Phi) is 4.40. The molecule has 0 N–H and O–H groups in total. The van der Waals surface area contributed by atoms with E-state index in [0.29, 0.717) is 0 Å². The van der Waals surface area contributed by atoms with Gasteiger partial charge in [-0.2, -0.15) is 4.57 Å². The molecule has 0 saturated carbocycles. The van der Waals surface area contributed by atoms with Crippen LogP contribution >= 0.6 is 11.3 Å². The van der Waals surface area contributed by atoms with Gasteiger partial charge in [0, 0.05) is 5.56 Å². The van der Waals surface area contributed by atoms with E-state index in [-0.39, 0.29) is 0 Å². The number of para-hydroxylation sites is 3. The highest BCUT2D eigenvalue weighted by atomic mass is 32.1. The Balaban J connectivity index is 1.74. The van der Waals surface area contributed by atoms with Gasteiger partial charge in [0.05, 0.1) is 28.3 Å². The maximum absolute atomic E-state index is 4.52. The summed E-state index contributed by atoms with van der Waals surface area (Å²) in [5.41, 5.74) is 11.4. The molecule has 0 aliphatic heterocycles. The second-order valence-corrected chi connectivity index (χ2v) is 8.96. The third-order valence-corrected chi connectivity index (χ3v) is 6.95. The summed E-state index contributed by atoms with van der Waals surface area (Å²) in [7, 11) is 2.16. The first-order valence-electron chi connectivity index (χ1n) is 10.7. The Labute approximate surface area is 190 Å². The van der Waals surface area contributed by atoms with Gasteiger partial charge in [-0.1, -0.05) is 60.7 Å². The standard InChI is InChI=1S/C28H22N3S/c1-19-16-23-27(32-18-29-23)17-22(19)28-30(2)25-14-8-9-15-26(25)31(28)24-13-7-6-12-21(24)20-10-4-3-5-11-20/h3-18H,1-2H3/q+1. The van der Waals surface area contributed by atoms with Crippen LogP contribution in [-0.2, 0) is 7.05 Å². The van der Waals surface area contributed by atoms with E-state index in [1.54, 1.807) is 11.3 Å². The van der Waals surface area contributed by atoms with Crippen molar-refractivity contribution in [3.05, 3.63) is 102 Å². The molecule has 0 fully saturated rings. The van der Waals surface area contributed by atoms with Crippen LogP contribution in [0.1, 0.15) is 5.56 Å². The van der Waals surface area contributed by atoms with Crippen LogP contribution in [0.2, 0.25) is 0 Å². The fraction of sp³-hybridized carbons (Fsp3) is 0.0714. The minimum absolute atomic E-state index is 1.06. The molecule has 6 aromatic rings. The van der Waals surface area contributed by atoms with E-state index in [1.807, 2.05) is 5.51 Å². The average Bonchev–Trinajstić information content (AvgIpc) is 3.41. The zero-order valence-corrected chi connectivity index (χ0v) is 18.8. The molecule has 0 atom stereocenters. The molecule has 154 valence electrons. The van der Waals surface area contributed by atoms with Crippen LogP contribution in [0.4, 0.5) is 0 Å². The molecule has 3 nitrogen and oxygen atoms in total. The Bertz CT molecular complexity index is 1590. The third kappa shape index (κ3) is 2.88. The van der Waals surface area contributed by atoms with E-state index in [9.17, 15) is 0 Å². The van der Waals surface area contributed by atoms with Gasteiger partial charge in [-0.15, -0.1) is 11.3 Å². The highest BCUT2D eigenvalue weighted by molar-refractivity contribution is 7.16. The molecule has 0 amide bonds. The van der Waals surface area contributed by atoms with Gasteiger partial charge in [0.2, 0.25) is 0 Å². The van der Waals surface area contributed by atoms with Crippen molar-refractivity contribution in [2.24, 2.45) is 7.05 Å². The van der Waals surface area contributed by atoms with E-state index in [1.165, 1.54) is 49.5 Å². The van der Waals surface area contributed by atoms with Gasteiger partial charge in [0.25, 0.3) is 5.82 Å². The first kappa shape index (κ1) is 19.0. The number of benzene rings is 4. The molecule has 0 unspecified atom stereocenters. The van der Waals surface area contributed by atoms with Crippen molar-refractivity contribution < 1.29 is 4.57 Å². The molecule has 32 heavy (non-hydrogen) atoms. The van der Waals surface area contributed by atoms with Crippen LogP contribution in [0, 0.1) is 6.92 Å². The summed E-state index contributed by atoms with van der Waals surface area (Å²) in [5.74, 6) is 1.17. The molecule has 2 heterocycles. The van der Waals surface area contributed by atoms with E-state index >= 15 is 0 Å². The molecule has 0 aliphatic carbocycles. The highest BCUT2D eigenvalue weighted by Gasteiger charge is 2.28. The maximum atomic E-state index is 4.52. The fourth-order valence-electron chi connectivity index (χ4n) is 4.64. The molecule has 4 heteroatoms. The van der Waals surface area contributed by atoms with Gasteiger partial charge < -0.3 is 0 Å². The van der Waals surface area contributed by atoms with E-state index in [2.05, 4.69) is 119 Å². The van der Waals surface area contributed by atoms with E-state index in [4.69, 9.17) is 0 Å². The second-order valence-electron chi connectivity index (χ2n) is 8.08. The Morgan fingerprint density at radius 1 is 0.812 bits per heavy atom. The van der Waals surface area contributed by atoms with Crippen LogP contribution in [0.15, 0.2) is 96.5 Å². The van der Waals surface area contributed by atoms with Crippen LogP contribution in [-0.4, -0.2) is 9.55 Å².